The highest BCUT2D eigenvalue weighted by Gasteiger charge is 2.51. The van der Waals surface area contributed by atoms with Crippen molar-refractivity contribution in [2.75, 3.05) is 21.3 Å². The summed E-state index contributed by atoms with van der Waals surface area (Å²) in [5.41, 5.74) is 0.120. The average Bonchev–Trinajstić information content (AvgIpc) is 2.96. The lowest BCUT2D eigenvalue weighted by atomic mass is 9.65. The largest absolute Gasteiger partial charge is 0.496 e. The van der Waals surface area contributed by atoms with Crippen LogP contribution in [0, 0.1) is 0 Å². The Labute approximate surface area is 221 Å². The SMILES string of the molecule is COc1cc(OC)c(C(Cc2ccc(Cl)cc2)(C(=O)c2ccccc2)C(=O)c2ccccc2)c(OC)c1. The third kappa shape index (κ3) is 5.09. The molecule has 37 heavy (non-hydrogen) atoms. The lowest BCUT2D eigenvalue weighted by molar-refractivity contribution is 0.0753. The van der Waals surface area contributed by atoms with Crippen molar-refractivity contribution in [3.63, 3.8) is 0 Å². The second kappa shape index (κ2) is 11.3. The van der Waals surface area contributed by atoms with Crippen molar-refractivity contribution in [1.82, 2.24) is 0 Å². The molecule has 0 spiro atoms. The van der Waals surface area contributed by atoms with Crippen molar-refractivity contribution in [3.05, 3.63) is 124 Å². The van der Waals surface area contributed by atoms with Gasteiger partial charge in [-0.15, -0.1) is 0 Å². The van der Waals surface area contributed by atoms with E-state index >= 15 is 0 Å². The van der Waals surface area contributed by atoms with E-state index in [9.17, 15) is 9.59 Å². The van der Waals surface area contributed by atoms with Crippen molar-refractivity contribution < 1.29 is 23.8 Å². The Bertz CT molecular complexity index is 1310. The Balaban J connectivity index is 2.12. The van der Waals surface area contributed by atoms with Gasteiger partial charge in [-0.05, 0) is 24.1 Å². The van der Waals surface area contributed by atoms with E-state index in [0.717, 1.165) is 5.56 Å². The first-order valence-electron chi connectivity index (χ1n) is 11.7. The van der Waals surface area contributed by atoms with Crippen molar-refractivity contribution in [2.24, 2.45) is 0 Å². The smallest absolute Gasteiger partial charge is 0.181 e. The predicted molar refractivity (Wildman–Crippen MR) is 144 cm³/mol. The fourth-order valence-corrected chi connectivity index (χ4v) is 4.71. The molecule has 0 amide bonds. The van der Waals surface area contributed by atoms with E-state index in [1.165, 1.54) is 21.3 Å². The maximum atomic E-state index is 14.7. The van der Waals surface area contributed by atoms with Gasteiger partial charge in [-0.3, -0.25) is 9.59 Å². The van der Waals surface area contributed by atoms with Gasteiger partial charge in [0, 0.05) is 28.3 Å². The van der Waals surface area contributed by atoms with Crippen molar-refractivity contribution >= 4 is 23.2 Å². The minimum atomic E-state index is -1.74. The van der Waals surface area contributed by atoms with Crippen LogP contribution in [0.3, 0.4) is 0 Å². The molecule has 0 N–H and O–H groups in total. The summed E-state index contributed by atoms with van der Waals surface area (Å²) in [5, 5.41) is 0.553. The molecule has 0 radical (unpaired) electrons. The molecule has 0 aliphatic carbocycles. The highest BCUT2D eigenvalue weighted by Crippen LogP contribution is 2.47. The zero-order valence-electron chi connectivity index (χ0n) is 20.9. The Hall–Kier alpha value is -4.09. The molecule has 4 aromatic carbocycles. The maximum absolute atomic E-state index is 14.7. The van der Waals surface area contributed by atoms with Crippen LogP contribution >= 0.6 is 11.6 Å². The van der Waals surface area contributed by atoms with E-state index in [2.05, 4.69) is 0 Å². The monoisotopic (exact) mass is 514 g/mol. The zero-order valence-corrected chi connectivity index (χ0v) is 21.6. The molecule has 0 aromatic heterocycles. The second-order valence-electron chi connectivity index (χ2n) is 8.51. The number of rotatable bonds is 10. The number of benzene rings is 4. The number of carbonyl (C=O) groups is 2. The van der Waals surface area contributed by atoms with Gasteiger partial charge in [0.25, 0.3) is 0 Å². The first-order chi connectivity index (χ1) is 17.9. The number of Topliss-reactive ketones (excluding diaryl/α,β-unsaturated/α-hetero) is 2. The summed E-state index contributed by atoms with van der Waals surface area (Å²) >= 11 is 6.16. The second-order valence-corrected chi connectivity index (χ2v) is 8.94. The van der Waals surface area contributed by atoms with Crippen LogP contribution in [-0.2, 0) is 11.8 Å². The topological polar surface area (TPSA) is 61.8 Å². The first-order valence-corrected chi connectivity index (χ1v) is 12.1. The van der Waals surface area contributed by atoms with Crippen molar-refractivity contribution in [3.8, 4) is 17.2 Å². The van der Waals surface area contributed by atoms with Crippen LogP contribution in [0.5, 0.6) is 17.2 Å². The summed E-state index contributed by atoms with van der Waals surface area (Å²) in [7, 11) is 4.51. The molecule has 0 atom stereocenters. The highest BCUT2D eigenvalue weighted by molar-refractivity contribution is 6.30. The van der Waals surface area contributed by atoms with Gasteiger partial charge in [0.05, 0.1) is 26.9 Å². The molecule has 0 saturated carbocycles. The number of ether oxygens (including phenoxy) is 3. The molecular weight excluding hydrogens is 488 g/mol. The molecule has 0 unspecified atom stereocenters. The van der Waals surface area contributed by atoms with Gasteiger partial charge in [-0.2, -0.15) is 0 Å². The summed E-state index contributed by atoms with van der Waals surface area (Å²) in [6.45, 7) is 0. The molecule has 0 aliphatic heterocycles. The number of hydrogen-bond donors (Lipinski definition) is 0. The van der Waals surface area contributed by atoms with Crippen LogP contribution in [0.2, 0.25) is 5.02 Å². The van der Waals surface area contributed by atoms with E-state index in [4.69, 9.17) is 25.8 Å². The van der Waals surface area contributed by atoms with Gasteiger partial charge in [-0.1, -0.05) is 84.4 Å². The Morgan fingerprint density at radius 3 is 1.54 bits per heavy atom. The third-order valence-electron chi connectivity index (χ3n) is 6.37. The average molecular weight is 515 g/mol. The fourth-order valence-electron chi connectivity index (χ4n) is 4.59. The van der Waals surface area contributed by atoms with Crippen molar-refractivity contribution in [1.29, 1.82) is 0 Å². The van der Waals surface area contributed by atoms with Gasteiger partial charge in [0.2, 0.25) is 0 Å². The molecule has 0 saturated heterocycles. The quantitative estimate of drug-likeness (QED) is 0.176. The molecule has 188 valence electrons. The molecular formula is C31H27ClO5. The van der Waals surface area contributed by atoms with E-state index in [1.54, 1.807) is 72.8 Å². The first kappa shape index (κ1) is 26.0. The Morgan fingerprint density at radius 1 is 0.676 bits per heavy atom. The maximum Gasteiger partial charge on any atom is 0.181 e. The van der Waals surface area contributed by atoms with Crippen LogP contribution in [-0.4, -0.2) is 32.9 Å². The van der Waals surface area contributed by atoms with E-state index < -0.39 is 5.41 Å². The van der Waals surface area contributed by atoms with Gasteiger partial charge < -0.3 is 14.2 Å². The summed E-state index contributed by atoms with van der Waals surface area (Å²) in [4.78, 5) is 29.3. The molecule has 0 aliphatic rings. The van der Waals surface area contributed by atoms with Gasteiger partial charge in [-0.25, -0.2) is 0 Å². The number of carbonyl (C=O) groups excluding carboxylic acids is 2. The molecule has 0 fully saturated rings. The van der Waals surface area contributed by atoms with E-state index in [-0.39, 0.29) is 18.0 Å². The highest BCUT2D eigenvalue weighted by atomic mass is 35.5. The van der Waals surface area contributed by atoms with E-state index in [1.807, 2.05) is 24.3 Å². The normalized spacial score (nSPS) is 11.0. The van der Waals surface area contributed by atoms with Crippen LogP contribution < -0.4 is 14.2 Å². The summed E-state index contributed by atoms with van der Waals surface area (Å²) in [5.74, 6) is 0.326. The van der Waals surface area contributed by atoms with Crippen LogP contribution in [0.25, 0.3) is 0 Å². The molecule has 4 aromatic rings. The minimum Gasteiger partial charge on any atom is -0.496 e. The predicted octanol–water partition coefficient (Wildman–Crippen LogP) is 6.61. The Kier molecular flexibility index (Phi) is 7.95. The van der Waals surface area contributed by atoms with Gasteiger partial charge >= 0.3 is 0 Å². The summed E-state index contributed by atoms with van der Waals surface area (Å²) in [6, 6.07) is 28.0. The molecule has 5 nitrogen and oxygen atoms in total. The molecule has 0 bridgehead atoms. The Morgan fingerprint density at radius 2 is 1.14 bits per heavy atom. The molecule has 4 rings (SSSR count). The molecule has 0 heterocycles. The van der Waals surface area contributed by atoms with Crippen LogP contribution in [0.15, 0.2) is 97.1 Å². The standard InChI is InChI=1S/C31H27ClO5/c1-35-25-18-26(36-2)28(27(19-25)37-3)31(20-21-14-16-24(32)17-15-21,29(33)22-10-6-4-7-11-22)30(34)23-12-8-5-9-13-23/h4-19H,20H2,1-3H3. The number of methoxy groups -OCH3 is 3. The van der Waals surface area contributed by atoms with Gasteiger partial charge in [0.15, 0.2) is 11.6 Å². The third-order valence-corrected chi connectivity index (χ3v) is 6.62. The number of halogens is 1. The zero-order chi connectivity index (χ0) is 26.4. The minimum absolute atomic E-state index is 0.0463. The van der Waals surface area contributed by atoms with Crippen LogP contribution in [0.4, 0.5) is 0 Å². The van der Waals surface area contributed by atoms with Gasteiger partial charge in [0.1, 0.15) is 22.7 Å². The lowest BCUT2D eigenvalue weighted by Gasteiger charge is -2.34. The summed E-state index contributed by atoms with van der Waals surface area (Å²) in [6.07, 6.45) is 0.0463. The van der Waals surface area contributed by atoms with Crippen molar-refractivity contribution in [2.45, 2.75) is 11.8 Å². The number of ketones is 2. The fraction of sp³-hybridized carbons (Fsp3) is 0.161. The number of hydrogen-bond acceptors (Lipinski definition) is 5. The van der Waals surface area contributed by atoms with E-state index in [0.29, 0.717) is 39.0 Å². The molecule has 6 heteroatoms. The summed E-state index contributed by atoms with van der Waals surface area (Å²) < 4.78 is 17.0. The lowest BCUT2D eigenvalue weighted by Crippen LogP contribution is -2.46. The van der Waals surface area contributed by atoms with Crippen LogP contribution in [0.1, 0.15) is 31.8 Å².